The van der Waals surface area contributed by atoms with Gasteiger partial charge in [-0.3, -0.25) is 0 Å². The number of aliphatic hydroxyl groups excluding tert-OH is 3. The van der Waals surface area contributed by atoms with Gasteiger partial charge >= 0.3 is 29.6 Å². The third-order valence-corrected chi connectivity index (χ3v) is 17.8. The number of rotatable bonds is 72. The third-order valence-electron chi connectivity index (χ3n) is 16.6. The fourth-order valence-corrected chi connectivity index (χ4v) is 10.4. The van der Waals surface area contributed by atoms with Crippen molar-refractivity contribution in [1.82, 2.24) is 5.48 Å². The summed E-state index contributed by atoms with van der Waals surface area (Å²) in [6.07, 6.45) is 40.4. The van der Waals surface area contributed by atoms with Gasteiger partial charge in [-0.1, -0.05) is 197 Å². The Balaban J connectivity index is -0.000000359. The average molecular weight is 1970 g/mol. The molecule has 0 saturated heterocycles. The number of unbranched alkanes of at least 4 members (excludes halogenated alkanes) is 16. The van der Waals surface area contributed by atoms with Gasteiger partial charge in [0.2, 0.25) is 0 Å². The number of ether oxygens (including phenoxy) is 16. The SMILES string of the molecule is C=CCOCC(COc1ccc(CCCC)cc1)OCOC.C=CCOCC(COc1ccc(CCCCCC)cc1)OCOC.C=CCOCC(COc1ccc(CCCCCCCC)cc1)OCOC.C=CCOCC(COc1ccc(CCCCCCCCC)cc1)OCOC.CS(=O)(=O)ON.CS(=O)(=O)ON.CS(=O)(=O)ONCCO.CS(=O)(=O)[O-].OCCCCO.[Na+]. The first-order chi connectivity index (χ1) is 62.8. The molecule has 4 rings (SSSR count). The quantitative estimate of drug-likeness (QED) is 0.00597. The van der Waals surface area contributed by atoms with Crippen molar-refractivity contribution in [2.75, 3.05) is 186 Å². The van der Waals surface area contributed by atoms with Crippen molar-refractivity contribution in [3.63, 3.8) is 0 Å². The predicted molar refractivity (Wildman–Crippen MR) is 514 cm³/mol. The summed E-state index contributed by atoms with van der Waals surface area (Å²) in [6, 6.07) is 33.3. The van der Waals surface area contributed by atoms with Crippen LogP contribution >= 0.6 is 0 Å². The van der Waals surface area contributed by atoms with Gasteiger partial charge in [0.05, 0.1) is 88.3 Å². The summed E-state index contributed by atoms with van der Waals surface area (Å²) in [5.74, 6) is 11.8. The minimum atomic E-state index is -3.92. The molecule has 0 aliphatic rings. The third kappa shape index (κ3) is 109. The fourth-order valence-electron chi connectivity index (χ4n) is 10.1. The summed E-state index contributed by atoms with van der Waals surface area (Å²) in [5, 5.41) is 24.3. The topological polar surface area (TPSA) is 460 Å². The number of hydroxylamine groups is 1. The van der Waals surface area contributed by atoms with Gasteiger partial charge in [0.25, 0.3) is 30.4 Å². The summed E-state index contributed by atoms with van der Waals surface area (Å²) in [6.45, 7) is 30.2. The Morgan fingerprint density at radius 2 is 0.553 bits per heavy atom. The van der Waals surface area contributed by atoms with Crippen LogP contribution in [-0.4, -0.2) is 264 Å². The predicted octanol–water partition coefficient (Wildman–Crippen LogP) is 10.7. The smallest absolute Gasteiger partial charge is 0.748 e. The van der Waals surface area contributed by atoms with Crippen LogP contribution in [0.1, 0.15) is 185 Å². The molecule has 39 heteroatoms. The summed E-state index contributed by atoms with van der Waals surface area (Å²) >= 11 is 0. The molecule has 0 fully saturated rings. The molecule has 0 heterocycles. The molecule has 8 N–H and O–H groups in total. The number of methoxy groups -OCH3 is 4. The van der Waals surface area contributed by atoms with Crippen molar-refractivity contribution >= 4 is 40.5 Å². The Labute approximate surface area is 815 Å². The van der Waals surface area contributed by atoms with Gasteiger partial charge in [0.15, 0.2) is 0 Å². The summed E-state index contributed by atoms with van der Waals surface area (Å²) in [4.78, 5) is 0. The first-order valence-electron chi connectivity index (χ1n) is 44.3. The number of hydrogen-bond acceptors (Lipinski definition) is 34. The molecule has 0 radical (unpaired) electrons. The van der Waals surface area contributed by atoms with E-state index in [1.54, 1.807) is 52.7 Å². The van der Waals surface area contributed by atoms with Crippen LogP contribution in [0.4, 0.5) is 0 Å². The van der Waals surface area contributed by atoms with E-state index in [9.17, 15) is 25.3 Å². The van der Waals surface area contributed by atoms with Gasteiger partial charge in [-0.05, 0) is 135 Å². The minimum absolute atomic E-state index is 0. The second-order valence-electron chi connectivity index (χ2n) is 29.1. The number of aryl methyl sites for hydroxylation is 4. The number of nitrogens with two attached hydrogens (primary N) is 2. The fraction of sp³-hybridized carbons (Fsp3) is 0.656. The maximum Gasteiger partial charge on any atom is 1.00 e. The Morgan fingerprint density at radius 3 is 0.742 bits per heavy atom. The Kier molecular flexibility index (Phi) is 105. The molecule has 132 heavy (non-hydrogen) atoms. The van der Waals surface area contributed by atoms with Crippen molar-refractivity contribution in [2.24, 2.45) is 11.8 Å². The monoisotopic (exact) mass is 1970 g/mol. The van der Waals surface area contributed by atoms with Crippen molar-refractivity contribution < 1.29 is 172 Å². The van der Waals surface area contributed by atoms with Crippen LogP contribution in [0, 0.1) is 0 Å². The van der Waals surface area contributed by atoms with Gasteiger partial charge in [-0.15, -0.1) is 26.3 Å². The van der Waals surface area contributed by atoms with Crippen LogP contribution in [0.25, 0.3) is 0 Å². The number of hydrogen-bond donors (Lipinski definition) is 6. The van der Waals surface area contributed by atoms with Gasteiger partial charge in [-0.25, -0.2) is 8.42 Å². The molecule has 0 aliphatic carbocycles. The van der Waals surface area contributed by atoms with E-state index in [1.165, 1.54) is 144 Å². The van der Waals surface area contributed by atoms with Crippen LogP contribution in [0.15, 0.2) is 148 Å². The van der Waals surface area contributed by atoms with Crippen LogP contribution in [0.3, 0.4) is 0 Å². The van der Waals surface area contributed by atoms with Crippen LogP contribution in [-0.2, 0) is 136 Å². The molecule has 4 aromatic carbocycles. The molecule has 4 unspecified atom stereocenters. The molecular weight excluding hydrogens is 1810 g/mol. The number of aliphatic hydroxyl groups is 3. The summed E-state index contributed by atoms with van der Waals surface area (Å²) < 4.78 is 184. The van der Waals surface area contributed by atoms with E-state index in [-0.39, 0.29) is 108 Å². The van der Waals surface area contributed by atoms with Crippen molar-refractivity contribution in [2.45, 2.75) is 213 Å². The molecule has 4 aromatic rings. The van der Waals surface area contributed by atoms with Crippen molar-refractivity contribution in [1.29, 1.82) is 0 Å². The molecule has 0 bridgehead atoms. The van der Waals surface area contributed by atoms with E-state index in [0.717, 1.165) is 80.3 Å². The molecule has 0 spiro atoms. The summed E-state index contributed by atoms with van der Waals surface area (Å²) in [5.41, 5.74) is 7.48. The first-order valence-corrected chi connectivity index (χ1v) is 51.6. The van der Waals surface area contributed by atoms with Crippen molar-refractivity contribution in [3.8, 4) is 23.0 Å². The van der Waals surface area contributed by atoms with E-state index in [4.69, 9.17) is 104 Å². The Hall–Kier alpha value is -5.04. The average Bonchev–Trinajstić information content (AvgIpc) is 0.918. The molecule has 0 amide bonds. The Bertz CT molecular complexity index is 3590. The van der Waals surface area contributed by atoms with Crippen LogP contribution in [0.5, 0.6) is 23.0 Å². The molecule has 34 nitrogen and oxygen atoms in total. The van der Waals surface area contributed by atoms with E-state index in [2.05, 4.69) is 127 Å². The van der Waals surface area contributed by atoms with Crippen LogP contribution < -0.4 is 65.8 Å². The van der Waals surface area contributed by atoms with Crippen molar-refractivity contribution in [3.05, 3.63) is 170 Å². The van der Waals surface area contributed by atoms with E-state index in [1.807, 2.05) is 54.0 Å². The largest absolute Gasteiger partial charge is 1.00 e. The number of nitrogens with one attached hydrogen (secondary N) is 1. The van der Waals surface area contributed by atoms with E-state index in [0.29, 0.717) is 85.5 Å². The van der Waals surface area contributed by atoms with Gasteiger partial charge in [-0.2, -0.15) is 55.4 Å². The molecular formula is C93H166N3NaO31S4. The second-order valence-corrected chi connectivity index (χ2v) is 35.3. The molecule has 4 atom stereocenters. The van der Waals surface area contributed by atoms with Gasteiger partial charge in [0.1, 0.15) is 101 Å². The Morgan fingerprint density at radius 1 is 0.341 bits per heavy atom. The zero-order valence-electron chi connectivity index (χ0n) is 81.6. The maximum atomic E-state index is 10.1. The molecule has 0 aliphatic heterocycles. The van der Waals surface area contributed by atoms with Crippen LogP contribution in [0.2, 0.25) is 0 Å². The molecule has 0 aromatic heterocycles. The van der Waals surface area contributed by atoms with E-state index >= 15 is 0 Å². The second kappa shape index (κ2) is 100. The standard InChI is InChI=1S/C23H38O4.C22H36O4.C20H32O4.C18H28O4.C4H10O2.C3H9NO4S.2CH5NO3S.CH4O3S.Na/c1-4-6-7-8-9-10-11-12-21-13-15-22(16-14-21)26-19-23(27-20-24-3)18-25-17-5-2;1-4-6-7-8-9-10-11-20-12-14-21(15-13-20)25-18-22(26-19-23-3)17-24-16-5-2;1-4-6-7-8-9-18-10-12-19(13-11-18)23-16-20(24-17-21-3)15-22-14-5-2;1-4-6-7-16-8-10-17(11-9-16)21-14-18(22-15-19-3)13-20-12-5-2;5-3-1-2-4-6;1-9(6,7)8-4-2-3-5;2*1-6(3,4)5-2;1-5(2,3)4;/h5,13-16,23H,2,4,6-12,17-20H2,1,3H3;5,12-15,22H,2,4,6-11,16-19H2,1,3H3;5,10-13,20H,2,4,6-9,14-17H2,1,3H3;5,8-11,18H,2,4,6-7,12-15H2,1,3H3;5-6H,1-4H2;4-5H,2-3H2,1H3;2*2H2,1H3;1H3,(H,2,3,4);/q;;;;;;;;;+1/p-1. The summed E-state index contributed by atoms with van der Waals surface area (Å²) in [7, 11) is -7.70. The normalized spacial score (nSPS) is 11.8. The molecule has 764 valence electrons. The zero-order valence-corrected chi connectivity index (χ0v) is 86.8. The first kappa shape index (κ1) is 138. The van der Waals surface area contributed by atoms with E-state index < -0.39 is 40.5 Å². The number of benzene rings is 4. The van der Waals surface area contributed by atoms with Gasteiger partial charge < -0.3 is 95.7 Å². The zero-order chi connectivity index (χ0) is 99.0. The maximum absolute atomic E-state index is 10.1. The van der Waals surface area contributed by atoms with Gasteiger partial charge in [0, 0.05) is 54.5 Å². The molecule has 0 saturated carbocycles. The minimum Gasteiger partial charge on any atom is -0.748 e.